The molecule has 2 N–H and O–H groups in total. The standard InChI is InChI=1S/C26H27N3O4S/c1-4-32-20-13-17(9-10-19(20)33-26(31)16-7-5-15(2)6-8-16)23-27-24(30)22-18-11-12-29(3)14-21(18)34-25(22)28-23/h5-10,13,23,28H,4,11-12,14H2,1-3H3,(H,27,30)/t23-/m1/s1. The summed E-state index contributed by atoms with van der Waals surface area (Å²) in [7, 11) is 2.10. The van der Waals surface area contributed by atoms with Gasteiger partial charge in [-0.15, -0.1) is 11.3 Å². The van der Waals surface area contributed by atoms with Gasteiger partial charge in [0.25, 0.3) is 5.91 Å². The van der Waals surface area contributed by atoms with Gasteiger partial charge in [0.05, 0.1) is 17.7 Å². The van der Waals surface area contributed by atoms with Gasteiger partial charge < -0.3 is 25.0 Å². The second-order valence-corrected chi connectivity index (χ2v) is 9.75. The molecule has 5 rings (SSSR count). The molecule has 1 amide bonds. The molecular formula is C26H27N3O4S. The van der Waals surface area contributed by atoms with Crippen molar-refractivity contribution in [3.8, 4) is 11.5 Å². The number of likely N-dealkylation sites (N-methyl/N-ethyl adjacent to an activating group) is 1. The number of hydrogen-bond acceptors (Lipinski definition) is 7. The third-order valence-corrected chi connectivity index (χ3v) is 7.26. The van der Waals surface area contributed by atoms with Gasteiger partial charge >= 0.3 is 5.97 Å². The van der Waals surface area contributed by atoms with E-state index in [2.05, 4.69) is 22.6 Å². The molecule has 0 radical (unpaired) electrons. The molecule has 0 aliphatic carbocycles. The fourth-order valence-electron chi connectivity index (χ4n) is 4.32. The van der Waals surface area contributed by atoms with Gasteiger partial charge in [-0.1, -0.05) is 23.8 Å². The predicted molar refractivity (Wildman–Crippen MR) is 132 cm³/mol. The summed E-state index contributed by atoms with van der Waals surface area (Å²) in [6.07, 6.45) is 0.478. The highest BCUT2D eigenvalue weighted by Gasteiger charge is 2.33. The van der Waals surface area contributed by atoms with Crippen LogP contribution in [-0.4, -0.2) is 37.0 Å². The van der Waals surface area contributed by atoms with Gasteiger partial charge in [-0.3, -0.25) is 4.79 Å². The number of esters is 1. The molecule has 8 heteroatoms. The maximum atomic E-state index is 13.0. The molecule has 2 aliphatic heterocycles. The molecule has 2 aliphatic rings. The lowest BCUT2D eigenvalue weighted by Crippen LogP contribution is -2.38. The van der Waals surface area contributed by atoms with Crippen LogP contribution in [0, 0.1) is 6.92 Å². The van der Waals surface area contributed by atoms with Crippen LogP contribution in [0.25, 0.3) is 0 Å². The quantitative estimate of drug-likeness (QED) is 0.416. The number of rotatable bonds is 5. The number of carbonyl (C=O) groups excluding carboxylic acids is 2. The average molecular weight is 478 g/mol. The van der Waals surface area contributed by atoms with E-state index in [1.807, 2.05) is 38.1 Å². The number of fused-ring (bicyclic) bond motifs is 3. The maximum Gasteiger partial charge on any atom is 0.343 e. The first kappa shape index (κ1) is 22.4. The number of nitrogens with zero attached hydrogens (tertiary/aromatic N) is 1. The smallest absolute Gasteiger partial charge is 0.343 e. The number of amides is 1. The fourth-order valence-corrected chi connectivity index (χ4v) is 5.67. The van der Waals surface area contributed by atoms with E-state index in [0.717, 1.165) is 46.8 Å². The molecule has 7 nitrogen and oxygen atoms in total. The van der Waals surface area contributed by atoms with Crippen LogP contribution in [0.1, 0.15) is 55.4 Å². The van der Waals surface area contributed by atoms with Crippen molar-refractivity contribution in [3.63, 3.8) is 0 Å². The van der Waals surface area contributed by atoms with E-state index in [1.54, 1.807) is 29.5 Å². The van der Waals surface area contributed by atoms with Gasteiger partial charge in [-0.05, 0) is 62.7 Å². The van der Waals surface area contributed by atoms with E-state index < -0.39 is 12.1 Å². The molecular weight excluding hydrogens is 450 g/mol. The van der Waals surface area contributed by atoms with Crippen LogP contribution in [0.15, 0.2) is 42.5 Å². The first-order valence-corrected chi connectivity index (χ1v) is 12.2. The summed E-state index contributed by atoms with van der Waals surface area (Å²) in [4.78, 5) is 29.2. The Hall–Kier alpha value is -3.36. The normalized spacial score (nSPS) is 17.3. The van der Waals surface area contributed by atoms with Crippen molar-refractivity contribution in [2.45, 2.75) is 33.0 Å². The molecule has 34 heavy (non-hydrogen) atoms. The minimum absolute atomic E-state index is 0.0614. The van der Waals surface area contributed by atoms with Crippen molar-refractivity contribution >= 4 is 28.2 Å². The van der Waals surface area contributed by atoms with Crippen molar-refractivity contribution in [1.82, 2.24) is 10.2 Å². The molecule has 0 unspecified atom stereocenters. The zero-order chi connectivity index (χ0) is 23.8. The van der Waals surface area contributed by atoms with Crippen LogP contribution in [0.5, 0.6) is 11.5 Å². The summed E-state index contributed by atoms with van der Waals surface area (Å²) >= 11 is 1.65. The van der Waals surface area contributed by atoms with Crippen LogP contribution in [-0.2, 0) is 13.0 Å². The number of hydrogen-bond donors (Lipinski definition) is 2. The van der Waals surface area contributed by atoms with Gasteiger partial charge in [0, 0.05) is 18.0 Å². The zero-order valence-electron chi connectivity index (χ0n) is 19.4. The van der Waals surface area contributed by atoms with E-state index >= 15 is 0 Å². The highest BCUT2D eigenvalue weighted by Crippen LogP contribution is 2.41. The highest BCUT2D eigenvalue weighted by molar-refractivity contribution is 7.16. The Morgan fingerprint density at radius 3 is 2.71 bits per heavy atom. The Labute approximate surface area is 202 Å². The van der Waals surface area contributed by atoms with Gasteiger partial charge in [-0.2, -0.15) is 0 Å². The van der Waals surface area contributed by atoms with Gasteiger partial charge in [-0.25, -0.2) is 4.79 Å². The van der Waals surface area contributed by atoms with Crippen LogP contribution in [0.4, 0.5) is 5.00 Å². The summed E-state index contributed by atoms with van der Waals surface area (Å²) in [5.74, 6) is 0.285. The molecule has 3 heterocycles. The van der Waals surface area contributed by atoms with Crippen molar-refractivity contribution in [2.75, 3.05) is 25.5 Å². The maximum absolute atomic E-state index is 13.0. The van der Waals surface area contributed by atoms with E-state index in [9.17, 15) is 9.59 Å². The summed E-state index contributed by atoms with van der Waals surface area (Å²) < 4.78 is 11.4. The molecule has 2 aromatic carbocycles. The Balaban J connectivity index is 1.39. The number of anilines is 1. The van der Waals surface area contributed by atoms with Crippen molar-refractivity contribution in [3.05, 3.63) is 75.2 Å². The Bertz CT molecular complexity index is 1250. The van der Waals surface area contributed by atoms with E-state index in [0.29, 0.717) is 23.7 Å². The predicted octanol–water partition coefficient (Wildman–Crippen LogP) is 4.52. The number of thiophene rings is 1. The summed E-state index contributed by atoms with van der Waals surface area (Å²) in [6.45, 7) is 6.07. The first-order valence-electron chi connectivity index (χ1n) is 11.4. The number of nitrogens with one attached hydrogen (secondary N) is 2. The lowest BCUT2D eigenvalue weighted by molar-refractivity contribution is 0.0728. The van der Waals surface area contributed by atoms with Crippen LogP contribution < -0.4 is 20.1 Å². The summed E-state index contributed by atoms with van der Waals surface area (Å²) in [6, 6.07) is 12.6. The SMILES string of the molecule is CCOc1cc([C@@H]2NC(=O)c3c(sc4c3CCN(C)C4)N2)ccc1OC(=O)c1ccc(C)cc1. The molecule has 3 aromatic rings. The average Bonchev–Trinajstić information content (AvgIpc) is 3.18. The lowest BCUT2D eigenvalue weighted by Gasteiger charge is -2.27. The number of benzene rings is 2. The zero-order valence-corrected chi connectivity index (χ0v) is 20.3. The molecule has 0 saturated carbocycles. The lowest BCUT2D eigenvalue weighted by atomic mass is 10.0. The second-order valence-electron chi connectivity index (χ2n) is 8.64. The summed E-state index contributed by atoms with van der Waals surface area (Å²) in [5, 5.41) is 7.46. The molecule has 0 saturated heterocycles. The van der Waals surface area contributed by atoms with Gasteiger partial charge in [0.1, 0.15) is 11.2 Å². The third kappa shape index (κ3) is 4.26. The van der Waals surface area contributed by atoms with Gasteiger partial charge in [0.15, 0.2) is 11.5 Å². The van der Waals surface area contributed by atoms with Crippen LogP contribution in [0.3, 0.4) is 0 Å². The van der Waals surface area contributed by atoms with Crippen molar-refractivity contribution < 1.29 is 19.1 Å². The van der Waals surface area contributed by atoms with E-state index in [-0.39, 0.29) is 5.91 Å². The Morgan fingerprint density at radius 2 is 1.94 bits per heavy atom. The molecule has 1 atom stereocenters. The topological polar surface area (TPSA) is 79.9 Å². The molecule has 0 bridgehead atoms. The van der Waals surface area contributed by atoms with Crippen LogP contribution >= 0.6 is 11.3 Å². The van der Waals surface area contributed by atoms with Crippen LogP contribution in [0.2, 0.25) is 0 Å². The van der Waals surface area contributed by atoms with E-state index in [4.69, 9.17) is 9.47 Å². The Kier molecular flexibility index (Phi) is 6.02. The second kappa shape index (κ2) is 9.12. The Morgan fingerprint density at radius 1 is 1.15 bits per heavy atom. The first-order chi connectivity index (χ1) is 16.4. The highest BCUT2D eigenvalue weighted by atomic mass is 32.1. The third-order valence-electron chi connectivity index (χ3n) is 6.12. The molecule has 176 valence electrons. The minimum Gasteiger partial charge on any atom is -0.490 e. The molecule has 1 aromatic heterocycles. The fraction of sp³-hybridized carbons (Fsp3) is 0.308. The van der Waals surface area contributed by atoms with Crippen molar-refractivity contribution in [2.24, 2.45) is 0 Å². The number of aryl methyl sites for hydroxylation is 1. The van der Waals surface area contributed by atoms with Gasteiger partial charge in [0.2, 0.25) is 0 Å². The summed E-state index contributed by atoms with van der Waals surface area (Å²) in [5.41, 5.74) is 4.30. The monoisotopic (exact) mass is 477 g/mol. The van der Waals surface area contributed by atoms with E-state index in [1.165, 1.54) is 4.88 Å². The number of carbonyl (C=O) groups is 2. The number of ether oxygens (including phenoxy) is 2. The minimum atomic E-state index is -0.448. The van der Waals surface area contributed by atoms with Crippen molar-refractivity contribution in [1.29, 1.82) is 0 Å². The molecule has 0 fully saturated rings. The largest absolute Gasteiger partial charge is 0.490 e. The molecule has 0 spiro atoms.